The number of rotatable bonds is 1. The van der Waals surface area contributed by atoms with Gasteiger partial charge in [0.2, 0.25) is 0 Å². The van der Waals surface area contributed by atoms with Crippen molar-refractivity contribution in [1.29, 1.82) is 0 Å². The molecule has 0 fully saturated rings. The van der Waals surface area contributed by atoms with Crippen molar-refractivity contribution in [3.63, 3.8) is 0 Å². The predicted octanol–water partition coefficient (Wildman–Crippen LogP) is 1.17. The highest BCUT2D eigenvalue weighted by Gasteiger charge is 2.08. The Balaban J connectivity index is 2.82. The molecule has 0 bridgehead atoms. The molecule has 0 atom stereocenters. The summed E-state index contributed by atoms with van der Waals surface area (Å²) in [6, 6.07) is 5.42. The van der Waals surface area contributed by atoms with Crippen LogP contribution in [0.5, 0.6) is 0 Å². The van der Waals surface area contributed by atoms with Gasteiger partial charge in [0.25, 0.3) is 0 Å². The highest BCUT2D eigenvalue weighted by molar-refractivity contribution is 6.04. The first-order valence-corrected chi connectivity index (χ1v) is 3.99. The molecule has 0 saturated carbocycles. The van der Waals surface area contributed by atoms with E-state index in [0.717, 1.165) is 5.52 Å². The van der Waals surface area contributed by atoms with E-state index in [4.69, 9.17) is 0 Å². The first-order valence-electron chi connectivity index (χ1n) is 3.99. The van der Waals surface area contributed by atoms with Crippen LogP contribution >= 0.6 is 0 Å². The lowest BCUT2D eigenvalue weighted by Gasteiger charge is -1.93. The van der Waals surface area contributed by atoms with Gasteiger partial charge in [0, 0.05) is 12.6 Å². The molecule has 0 spiro atoms. The zero-order valence-electron chi connectivity index (χ0n) is 7.48. The second kappa shape index (κ2) is 2.65. The molecular weight excluding hydrogens is 166 g/mol. The van der Waals surface area contributed by atoms with E-state index in [0.29, 0.717) is 11.1 Å². The molecule has 2 rings (SSSR count). The molecule has 1 aromatic carbocycles. The minimum Gasteiger partial charge on any atom is -0.294 e. The van der Waals surface area contributed by atoms with E-state index in [1.807, 2.05) is 12.1 Å². The SMILES string of the molecule is CC(=O)c1cccc2nn(C)nc12. The Kier molecular flexibility index (Phi) is 1.62. The summed E-state index contributed by atoms with van der Waals surface area (Å²) in [6.07, 6.45) is 0. The number of nitrogens with zero attached hydrogens (tertiary/aromatic N) is 3. The lowest BCUT2D eigenvalue weighted by Crippen LogP contribution is -1.94. The number of aryl methyl sites for hydroxylation is 1. The molecule has 4 nitrogen and oxygen atoms in total. The molecule has 0 unspecified atom stereocenters. The normalized spacial score (nSPS) is 10.6. The third-order valence-electron chi connectivity index (χ3n) is 1.89. The van der Waals surface area contributed by atoms with Gasteiger partial charge in [-0.1, -0.05) is 6.07 Å². The molecule has 0 saturated heterocycles. The van der Waals surface area contributed by atoms with Gasteiger partial charge in [0.15, 0.2) is 5.78 Å². The second-order valence-electron chi connectivity index (χ2n) is 2.92. The summed E-state index contributed by atoms with van der Waals surface area (Å²) in [5.41, 5.74) is 2.07. The highest BCUT2D eigenvalue weighted by atomic mass is 16.1. The van der Waals surface area contributed by atoms with E-state index in [1.165, 1.54) is 11.7 Å². The predicted molar refractivity (Wildman–Crippen MR) is 48.5 cm³/mol. The van der Waals surface area contributed by atoms with Gasteiger partial charge in [-0.25, -0.2) is 0 Å². The van der Waals surface area contributed by atoms with Crippen LogP contribution in [0.1, 0.15) is 17.3 Å². The molecule has 0 aliphatic carbocycles. The van der Waals surface area contributed by atoms with E-state index in [2.05, 4.69) is 10.2 Å². The molecule has 2 aromatic rings. The van der Waals surface area contributed by atoms with Gasteiger partial charge in [-0.3, -0.25) is 4.79 Å². The zero-order chi connectivity index (χ0) is 9.42. The van der Waals surface area contributed by atoms with Crippen molar-refractivity contribution in [3.8, 4) is 0 Å². The third kappa shape index (κ3) is 1.20. The van der Waals surface area contributed by atoms with Crippen molar-refractivity contribution < 1.29 is 4.79 Å². The van der Waals surface area contributed by atoms with Crippen LogP contribution < -0.4 is 0 Å². The van der Waals surface area contributed by atoms with E-state index >= 15 is 0 Å². The van der Waals surface area contributed by atoms with Gasteiger partial charge in [0.05, 0.1) is 0 Å². The van der Waals surface area contributed by atoms with Gasteiger partial charge in [-0.2, -0.15) is 15.0 Å². The van der Waals surface area contributed by atoms with Gasteiger partial charge in [-0.15, -0.1) is 0 Å². The quantitative estimate of drug-likeness (QED) is 0.611. The van der Waals surface area contributed by atoms with Crippen LogP contribution in [0.2, 0.25) is 0 Å². The molecule has 13 heavy (non-hydrogen) atoms. The number of benzene rings is 1. The Bertz CT molecular complexity index is 473. The average Bonchev–Trinajstić information content (AvgIpc) is 2.43. The summed E-state index contributed by atoms with van der Waals surface area (Å²) < 4.78 is 0. The number of Topliss-reactive ketones (excluding diaryl/α,β-unsaturated/α-hetero) is 1. The van der Waals surface area contributed by atoms with Crippen molar-refractivity contribution in [2.45, 2.75) is 6.92 Å². The largest absolute Gasteiger partial charge is 0.294 e. The topological polar surface area (TPSA) is 47.8 Å². The van der Waals surface area contributed by atoms with E-state index in [9.17, 15) is 4.79 Å². The molecule has 0 aliphatic rings. The van der Waals surface area contributed by atoms with Gasteiger partial charge < -0.3 is 0 Å². The Morgan fingerprint density at radius 2 is 2.15 bits per heavy atom. The molecular formula is C9H9N3O. The fourth-order valence-corrected chi connectivity index (χ4v) is 1.32. The number of carbonyl (C=O) groups excluding carboxylic acids is 1. The number of fused-ring (bicyclic) bond motifs is 1. The van der Waals surface area contributed by atoms with Crippen molar-refractivity contribution >= 4 is 16.8 Å². The Hall–Kier alpha value is -1.71. The first kappa shape index (κ1) is 7.91. The summed E-state index contributed by atoms with van der Waals surface area (Å²) in [5.74, 6) is 0.0195. The van der Waals surface area contributed by atoms with Gasteiger partial charge in [0.1, 0.15) is 11.0 Å². The van der Waals surface area contributed by atoms with Crippen molar-refractivity contribution in [2.75, 3.05) is 0 Å². The molecule has 0 amide bonds. The maximum atomic E-state index is 11.2. The molecule has 0 N–H and O–H groups in total. The van der Waals surface area contributed by atoms with Crippen LogP contribution in [0.15, 0.2) is 18.2 Å². The Labute approximate surface area is 75.2 Å². The summed E-state index contributed by atoms with van der Waals surface area (Å²) in [4.78, 5) is 12.7. The molecule has 1 aromatic heterocycles. The number of hydrogen-bond acceptors (Lipinski definition) is 3. The van der Waals surface area contributed by atoms with Gasteiger partial charge >= 0.3 is 0 Å². The lowest BCUT2D eigenvalue weighted by molar-refractivity contribution is 0.101. The highest BCUT2D eigenvalue weighted by Crippen LogP contribution is 2.14. The van der Waals surface area contributed by atoms with Crippen LogP contribution in [-0.4, -0.2) is 20.8 Å². The Morgan fingerprint density at radius 1 is 1.38 bits per heavy atom. The fraction of sp³-hybridized carbons (Fsp3) is 0.222. The van der Waals surface area contributed by atoms with Gasteiger partial charge in [-0.05, 0) is 19.1 Å². The maximum Gasteiger partial charge on any atom is 0.162 e. The number of aromatic nitrogens is 3. The summed E-state index contributed by atoms with van der Waals surface area (Å²) in [7, 11) is 1.74. The van der Waals surface area contributed by atoms with Crippen LogP contribution in [0, 0.1) is 0 Å². The standard InChI is InChI=1S/C9H9N3O/c1-6(13)7-4-3-5-8-9(7)11-12(2)10-8/h3-5H,1-2H3. The minimum absolute atomic E-state index is 0.0195. The van der Waals surface area contributed by atoms with E-state index in [-0.39, 0.29) is 5.78 Å². The molecule has 1 heterocycles. The number of ketones is 1. The van der Waals surface area contributed by atoms with Crippen molar-refractivity contribution in [2.24, 2.45) is 7.05 Å². The molecule has 0 radical (unpaired) electrons. The first-order chi connectivity index (χ1) is 6.18. The fourth-order valence-electron chi connectivity index (χ4n) is 1.32. The monoisotopic (exact) mass is 175 g/mol. The van der Waals surface area contributed by atoms with Crippen LogP contribution in [0.25, 0.3) is 11.0 Å². The van der Waals surface area contributed by atoms with Crippen LogP contribution in [0.3, 0.4) is 0 Å². The van der Waals surface area contributed by atoms with Crippen molar-refractivity contribution in [1.82, 2.24) is 15.0 Å². The molecule has 66 valence electrons. The summed E-state index contributed by atoms with van der Waals surface area (Å²) in [6.45, 7) is 1.53. The lowest BCUT2D eigenvalue weighted by atomic mass is 10.1. The smallest absolute Gasteiger partial charge is 0.162 e. The summed E-state index contributed by atoms with van der Waals surface area (Å²) >= 11 is 0. The number of carbonyl (C=O) groups is 1. The van der Waals surface area contributed by atoms with Crippen LogP contribution in [0.4, 0.5) is 0 Å². The third-order valence-corrected chi connectivity index (χ3v) is 1.89. The maximum absolute atomic E-state index is 11.2. The van der Waals surface area contributed by atoms with Crippen molar-refractivity contribution in [3.05, 3.63) is 23.8 Å². The van der Waals surface area contributed by atoms with E-state index in [1.54, 1.807) is 13.1 Å². The van der Waals surface area contributed by atoms with E-state index < -0.39 is 0 Å². The second-order valence-corrected chi connectivity index (χ2v) is 2.92. The molecule has 4 heteroatoms. The minimum atomic E-state index is 0.0195. The average molecular weight is 175 g/mol. The number of hydrogen-bond donors (Lipinski definition) is 0. The van der Waals surface area contributed by atoms with Crippen LogP contribution in [-0.2, 0) is 7.05 Å². The molecule has 0 aliphatic heterocycles. The zero-order valence-corrected chi connectivity index (χ0v) is 7.48. The Morgan fingerprint density at radius 3 is 2.85 bits per heavy atom. The summed E-state index contributed by atoms with van der Waals surface area (Å²) in [5, 5.41) is 8.23.